The molecule has 0 atom stereocenters. The summed E-state index contributed by atoms with van der Waals surface area (Å²) in [4.78, 5) is 28.9. The molecule has 3 rings (SSSR count). The largest absolute Gasteiger partial charge is 0.496 e. The molecule has 154 valence electrons. The third kappa shape index (κ3) is 5.71. The molecule has 29 heavy (non-hydrogen) atoms. The first kappa shape index (κ1) is 20.7. The van der Waals surface area contributed by atoms with Crippen LogP contribution < -0.4 is 20.5 Å². The van der Waals surface area contributed by atoms with E-state index in [4.69, 9.17) is 4.74 Å². The summed E-state index contributed by atoms with van der Waals surface area (Å²) in [5.74, 6) is 0.0645. The van der Waals surface area contributed by atoms with Crippen molar-refractivity contribution >= 4 is 17.5 Å². The van der Waals surface area contributed by atoms with Gasteiger partial charge >= 0.3 is 0 Å². The molecule has 2 aromatic rings. The molecule has 2 amide bonds. The minimum atomic E-state index is -0.367. The van der Waals surface area contributed by atoms with Gasteiger partial charge in [0.1, 0.15) is 5.75 Å². The Morgan fingerprint density at radius 2 is 1.72 bits per heavy atom. The van der Waals surface area contributed by atoms with Crippen LogP contribution in [0.5, 0.6) is 5.75 Å². The highest BCUT2D eigenvalue weighted by molar-refractivity contribution is 5.95. The highest BCUT2D eigenvalue weighted by atomic mass is 16.5. The number of amides is 2. The Morgan fingerprint density at radius 1 is 1.00 bits per heavy atom. The topological polar surface area (TPSA) is 73.9 Å². The fourth-order valence-corrected chi connectivity index (χ4v) is 3.35. The summed E-state index contributed by atoms with van der Waals surface area (Å²) < 4.78 is 5.23. The second-order valence-corrected chi connectivity index (χ2v) is 7.10. The Labute approximate surface area is 171 Å². The van der Waals surface area contributed by atoms with Crippen molar-refractivity contribution in [3.05, 3.63) is 59.7 Å². The molecule has 7 nitrogen and oxygen atoms in total. The van der Waals surface area contributed by atoms with Crippen LogP contribution in [-0.4, -0.2) is 56.5 Å². The van der Waals surface area contributed by atoms with Gasteiger partial charge in [-0.2, -0.15) is 0 Å². The first-order valence-corrected chi connectivity index (χ1v) is 9.83. The number of ether oxygens (including phenoxy) is 1. The number of hydrogen-bond acceptors (Lipinski definition) is 5. The van der Waals surface area contributed by atoms with Gasteiger partial charge in [-0.25, -0.2) is 0 Å². The fraction of sp³-hybridized carbons (Fsp3) is 0.364. The van der Waals surface area contributed by atoms with Crippen LogP contribution in [0.3, 0.4) is 0 Å². The number of methoxy groups -OCH3 is 1. The molecule has 0 unspecified atom stereocenters. The molecule has 1 aliphatic heterocycles. The second-order valence-electron chi connectivity index (χ2n) is 7.10. The van der Waals surface area contributed by atoms with Gasteiger partial charge in [-0.15, -0.1) is 0 Å². The number of piperazine rings is 1. The van der Waals surface area contributed by atoms with Crippen molar-refractivity contribution in [2.75, 3.05) is 44.7 Å². The molecule has 0 spiro atoms. The summed E-state index contributed by atoms with van der Waals surface area (Å²) >= 11 is 0. The zero-order chi connectivity index (χ0) is 20.6. The molecule has 0 aliphatic carbocycles. The number of para-hydroxylation sites is 1. The minimum absolute atomic E-state index is 0.206. The summed E-state index contributed by atoms with van der Waals surface area (Å²) in [6.07, 6.45) is 0.336. The smallest absolute Gasteiger partial charge is 0.269 e. The number of carbonyl (C=O) groups is 2. The third-order valence-corrected chi connectivity index (χ3v) is 5.13. The number of hydrazine groups is 1. The van der Waals surface area contributed by atoms with Crippen LogP contribution >= 0.6 is 0 Å². The highest BCUT2D eigenvalue weighted by Gasteiger charge is 2.18. The molecule has 0 bridgehead atoms. The number of benzene rings is 2. The number of rotatable bonds is 6. The summed E-state index contributed by atoms with van der Waals surface area (Å²) in [5, 5.41) is 0. The van der Waals surface area contributed by atoms with Gasteiger partial charge in [0.15, 0.2) is 0 Å². The standard InChI is InChI=1S/C22H28N4O3/c1-17-8-9-18(16-20(17)29-2)22(28)24-23-21(27)10-11-25-12-14-26(15-13-25)19-6-4-3-5-7-19/h3-9,16H,10-15H2,1-2H3,(H,23,27)(H,24,28). The normalized spacial score (nSPS) is 14.3. The summed E-state index contributed by atoms with van der Waals surface area (Å²) in [5.41, 5.74) is 7.57. The number of anilines is 1. The fourth-order valence-electron chi connectivity index (χ4n) is 3.35. The maximum absolute atomic E-state index is 12.2. The van der Waals surface area contributed by atoms with Crippen LogP contribution in [0.1, 0.15) is 22.3 Å². The molecule has 1 saturated heterocycles. The Morgan fingerprint density at radius 3 is 2.41 bits per heavy atom. The van der Waals surface area contributed by atoms with Crippen LogP contribution in [0.4, 0.5) is 5.69 Å². The highest BCUT2D eigenvalue weighted by Crippen LogP contribution is 2.19. The van der Waals surface area contributed by atoms with Gasteiger partial charge in [0.25, 0.3) is 5.91 Å². The van der Waals surface area contributed by atoms with Gasteiger partial charge in [-0.3, -0.25) is 25.3 Å². The second kappa shape index (κ2) is 9.93. The van der Waals surface area contributed by atoms with E-state index in [1.165, 1.54) is 5.69 Å². The first-order valence-electron chi connectivity index (χ1n) is 9.83. The molecular weight excluding hydrogens is 368 g/mol. The maximum Gasteiger partial charge on any atom is 0.269 e. The van der Waals surface area contributed by atoms with E-state index < -0.39 is 0 Å². The molecule has 0 saturated carbocycles. The predicted octanol–water partition coefficient (Wildman–Crippen LogP) is 1.98. The first-order chi connectivity index (χ1) is 14.1. The van der Waals surface area contributed by atoms with Gasteiger partial charge in [-0.1, -0.05) is 24.3 Å². The number of nitrogens with one attached hydrogen (secondary N) is 2. The minimum Gasteiger partial charge on any atom is -0.496 e. The van der Waals surface area contributed by atoms with Gasteiger partial charge in [-0.05, 0) is 36.8 Å². The molecular formula is C22H28N4O3. The molecule has 7 heteroatoms. The van der Waals surface area contributed by atoms with Crippen LogP contribution in [0, 0.1) is 6.92 Å². The third-order valence-electron chi connectivity index (χ3n) is 5.13. The molecule has 1 aliphatic rings. The molecule has 1 fully saturated rings. The van der Waals surface area contributed by atoms with Gasteiger partial charge in [0.05, 0.1) is 7.11 Å². The van der Waals surface area contributed by atoms with Crippen molar-refractivity contribution in [2.24, 2.45) is 0 Å². The monoisotopic (exact) mass is 396 g/mol. The van der Waals surface area contributed by atoms with Crippen molar-refractivity contribution in [1.29, 1.82) is 0 Å². The van der Waals surface area contributed by atoms with Crippen molar-refractivity contribution in [3.63, 3.8) is 0 Å². The Bertz CT molecular complexity index is 833. The lowest BCUT2D eigenvalue weighted by Gasteiger charge is -2.36. The van der Waals surface area contributed by atoms with E-state index in [0.29, 0.717) is 24.3 Å². The lowest BCUT2D eigenvalue weighted by atomic mass is 10.1. The summed E-state index contributed by atoms with van der Waals surface area (Å²) in [6, 6.07) is 15.5. The maximum atomic E-state index is 12.2. The molecule has 1 heterocycles. The average molecular weight is 396 g/mol. The van der Waals surface area contributed by atoms with Crippen molar-refractivity contribution in [3.8, 4) is 5.75 Å². The Kier molecular flexibility index (Phi) is 7.08. The van der Waals surface area contributed by atoms with E-state index in [1.54, 1.807) is 19.2 Å². The van der Waals surface area contributed by atoms with Gasteiger partial charge < -0.3 is 9.64 Å². The van der Waals surface area contributed by atoms with E-state index in [-0.39, 0.29) is 11.8 Å². The van der Waals surface area contributed by atoms with Gasteiger partial charge in [0.2, 0.25) is 5.91 Å². The van der Waals surface area contributed by atoms with E-state index in [2.05, 4.69) is 32.8 Å². The zero-order valence-corrected chi connectivity index (χ0v) is 17.0. The number of carbonyl (C=O) groups excluding carboxylic acids is 2. The van der Waals surface area contributed by atoms with Gasteiger partial charge in [0, 0.05) is 50.4 Å². The Balaban J connectivity index is 1.38. The van der Waals surface area contributed by atoms with Crippen molar-refractivity contribution in [2.45, 2.75) is 13.3 Å². The van der Waals surface area contributed by atoms with E-state index in [0.717, 1.165) is 31.7 Å². The summed E-state index contributed by atoms with van der Waals surface area (Å²) in [6.45, 7) is 6.29. The molecule has 0 aromatic heterocycles. The van der Waals surface area contributed by atoms with E-state index >= 15 is 0 Å². The lowest BCUT2D eigenvalue weighted by Crippen LogP contribution is -2.48. The van der Waals surface area contributed by atoms with Crippen LogP contribution in [-0.2, 0) is 4.79 Å². The van der Waals surface area contributed by atoms with Crippen LogP contribution in [0.25, 0.3) is 0 Å². The van der Waals surface area contributed by atoms with Crippen molar-refractivity contribution < 1.29 is 14.3 Å². The molecule has 0 radical (unpaired) electrons. The Hall–Kier alpha value is -3.06. The number of nitrogens with zero attached hydrogens (tertiary/aromatic N) is 2. The lowest BCUT2D eigenvalue weighted by molar-refractivity contribution is -0.122. The quantitative estimate of drug-likeness (QED) is 0.731. The van der Waals surface area contributed by atoms with Crippen LogP contribution in [0.15, 0.2) is 48.5 Å². The number of hydrogen-bond donors (Lipinski definition) is 2. The average Bonchev–Trinajstić information content (AvgIpc) is 2.77. The van der Waals surface area contributed by atoms with Crippen LogP contribution in [0.2, 0.25) is 0 Å². The van der Waals surface area contributed by atoms with E-state index in [9.17, 15) is 9.59 Å². The SMILES string of the molecule is COc1cc(C(=O)NNC(=O)CCN2CCN(c3ccccc3)CC2)ccc1C. The van der Waals surface area contributed by atoms with Crippen molar-refractivity contribution in [1.82, 2.24) is 15.8 Å². The number of aryl methyl sites for hydroxylation is 1. The summed E-state index contributed by atoms with van der Waals surface area (Å²) in [7, 11) is 1.56. The predicted molar refractivity (Wildman–Crippen MR) is 113 cm³/mol. The van der Waals surface area contributed by atoms with E-state index in [1.807, 2.05) is 31.2 Å². The molecule has 2 aromatic carbocycles. The molecule has 2 N–H and O–H groups in total. The zero-order valence-electron chi connectivity index (χ0n) is 17.0.